The van der Waals surface area contributed by atoms with Gasteiger partial charge >= 0.3 is 0 Å². The molecule has 2 atom stereocenters. The fraction of sp³-hybridized carbons (Fsp3) is 0.632. The monoisotopic (exact) mass is 315 g/mol. The Balaban J connectivity index is 1.64. The summed E-state index contributed by atoms with van der Waals surface area (Å²) < 4.78 is 0. The summed E-state index contributed by atoms with van der Waals surface area (Å²) in [5, 5.41) is 3.35. The van der Waals surface area contributed by atoms with E-state index in [0.717, 1.165) is 25.9 Å². The fourth-order valence-corrected chi connectivity index (χ4v) is 4.04. The van der Waals surface area contributed by atoms with Crippen LogP contribution in [0.15, 0.2) is 24.3 Å². The van der Waals surface area contributed by atoms with Gasteiger partial charge in [-0.15, -0.1) is 0 Å². The highest BCUT2D eigenvalue weighted by atomic mass is 16.2. The van der Waals surface area contributed by atoms with E-state index in [1.54, 1.807) is 0 Å². The minimum Gasteiger partial charge on any atom is -0.338 e. The summed E-state index contributed by atoms with van der Waals surface area (Å²) in [6.07, 6.45) is 5.79. The number of benzene rings is 1. The number of hydrogen-bond acceptors (Lipinski definition) is 3. The van der Waals surface area contributed by atoms with Gasteiger partial charge in [0.2, 0.25) is 5.91 Å². The van der Waals surface area contributed by atoms with Crippen LogP contribution in [0, 0.1) is 0 Å². The molecule has 1 heterocycles. The summed E-state index contributed by atoms with van der Waals surface area (Å²) in [5.74, 6) is 0.253. The third-order valence-electron chi connectivity index (χ3n) is 5.47. The van der Waals surface area contributed by atoms with Crippen LogP contribution >= 0.6 is 0 Å². The molecule has 4 nitrogen and oxygen atoms in total. The quantitative estimate of drug-likeness (QED) is 0.925. The highest BCUT2D eigenvalue weighted by Crippen LogP contribution is 2.33. The van der Waals surface area contributed by atoms with Crippen molar-refractivity contribution in [2.75, 3.05) is 33.7 Å². The van der Waals surface area contributed by atoms with Crippen LogP contribution in [0.2, 0.25) is 0 Å². The van der Waals surface area contributed by atoms with E-state index in [9.17, 15) is 4.79 Å². The molecule has 1 saturated heterocycles. The van der Waals surface area contributed by atoms with Crippen LogP contribution in [0.4, 0.5) is 0 Å². The zero-order chi connectivity index (χ0) is 16.2. The van der Waals surface area contributed by atoms with Gasteiger partial charge in [-0.25, -0.2) is 0 Å². The first-order valence-electron chi connectivity index (χ1n) is 8.92. The summed E-state index contributed by atoms with van der Waals surface area (Å²) in [6, 6.07) is 9.38. The molecule has 3 rings (SSSR count). The zero-order valence-corrected chi connectivity index (χ0v) is 14.4. The molecule has 1 aliphatic heterocycles. The van der Waals surface area contributed by atoms with Gasteiger partial charge in [0.05, 0.1) is 12.6 Å². The van der Waals surface area contributed by atoms with Crippen molar-refractivity contribution in [3.8, 4) is 0 Å². The Morgan fingerprint density at radius 1 is 1.30 bits per heavy atom. The summed E-state index contributed by atoms with van der Waals surface area (Å²) in [6.45, 7) is 2.57. The van der Waals surface area contributed by atoms with Crippen LogP contribution in [0.25, 0.3) is 0 Å². The van der Waals surface area contributed by atoms with Crippen molar-refractivity contribution in [2.45, 2.75) is 44.2 Å². The van der Waals surface area contributed by atoms with E-state index in [1.807, 2.05) is 19.0 Å². The van der Waals surface area contributed by atoms with Gasteiger partial charge in [-0.2, -0.15) is 0 Å². The molecule has 23 heavy (non-hydrogen) atoms. The lowest BCUT2D eigenvalue weighted by atomic mass is 9.87. The molecule has 1 aromatic carbocycles. The molecule has 0 saturated carbocycles. The molecule has 1 aromatic rings. The van der Waals surface area contributed by atoms with Crippen LogP contribution in [-0.4, -0.2) is 55.5 Å². The normalized spacial score (nSPS) is 25.0. The maximum atomic E-state index is 12.8. The Kier molecular flexibility index (Phi) is 5.34. The van der Waals surface area contributed by atoms with Crippen molar-refractivity contribution in [3.63, 3.8) is 0 Å². The van der Waals surface area contributed by atoms with Crippen molar-refractivity contribution < 1.29 is 4.79 Å². The number of amides is 1. The molecule has 0 spiro atoms. The molecule has 0 aromatic heterocycles. The molecular weight excluding hydrogens is 286 g/mol. The second-order valence-corrected chi connectivity index (χ2v) is 6.97. The van der Waals surface area contributed by atoms with Crippen LogP contribution in [-0.2, 0) is 11.2 Å². The van der Waals surface area contributed by atoms with E-state index in [1.165, 1.54) is 30.4 Å². The van der Waals surface area contributed by atoms with Gasteiger partial charge in [0, 0.05) is 19.6 Å². The third kappa shape index (κ3) is 3.75. The van der Waals surface area contributed by atoms with Gasteiger partial charge in [0.1, 0.15) is 0 Å². The summed E-state index contributed by atoms with van der Waals surface area (Å²) >= 11 is 0. The van der Waals surface area contributed by atoms with Crippen LogP contribution < -0.4 is 5.32 Å². The maximum absolute atomic E-state index is 12.8. The van der Waals surface area contributed by atoms with E-state index >= 15 is 0 Å². The zero-order valence-electron chi connectivity index (χ0n) is 14.4. The van der Waals surface area contributed by atoms with E-state index in [4.69, 9.17) is 0 Å². The third-order valence-corrected chi connectivity index (χ3v) is 5.47. The van der Waals surface area contributed by atoms with Crippen LogP contribution in [0.3, 0.4) is 0 Å². The molecule has 126 valence electrons. The number of carbonyl (C=O) groups excluding carboxylic acids is 1. The maximum Gasteiger partial charge on any atom is 0.237 e. The first-order chi connectivity index (χ1) is 11.2. The molecule has 4 heteroatoms. The fourth-order valence-electron chi connectivity index (χ4n) is 4.04. The minimum absolute atomic E-state index is 0.248. The number of hydrogen-bond donors (Lipinski definition) is 1. The van der Waals surface area contributed by atoms with E-state index in [0.29, 0.717) is 12.6 Å². The molecule has 2 aliphatic rings. The predicted octanol–water partition coefficient (Wildman–Crippen LogP) is 2.21. The molecule has 1 fully saturated rings. The number of likely N-dealkylation sites (tertiary alicyclic amines) is 1. The lowest BCUT2D eigenvalue weighted by Crippen LogP contribution is -2.48. The summed E-state index contributed by atoms with van der Waals surface area (Å²) in [5.41, 5.74) is 2.76. The van der Waals surface area contributed by atoms with Crippen molar-refractivity contribution >= 4 is 5.91 Å². The number of likely N-dealkylation sites (N-methyl/N-ethyl adjacent to an activating group) is 2. The Bertz CT molecular complexity index is 545. The van der Waals surface area contributed by atoms with Gasteiger partial charge in [0.25, 0.3) is 0 Å². The van der Waals surface area contributed by atoms with Crippen LogP contribution in [0.5, 0.6) is 0 Å². The Morgan fingerprint density at radius 2 is 2.13 bits per heavy atom. The predicted molar refractivity (Wildman–Crippen MR) is 93.4 cm³/mol. The van der Waals surface area contributed by atoms with Crippen molar-refractivity contribution in [3.05, 3.63) is 35.4 Å². The van der Waals surface area contributed by atoms with Crippen molar-refractivity contribution in [1.29, 1.82) is 0 Å². The minimum atomic E-state index is 0.248. The SMILES string of the molecule is CNC1CCCN(CC(=O)N(C)C2CCCc3ccccc32)C1. The number of aryl methyl sites for hydroxylation is 1. The molecule has 2 unspecified atom stereocenters. The Labute approximate surface area is 139 Å². The molecule has 1 N–H and O–H groups in total. The lowest BCUT2D eigenvalue weighted by molar-refractivity contribution is -0.134. The second kappa shape index (κ2) is 7.45. The number of fused-ring (bicyclic) bond motifs is 1. The highest BCUT2D eigenvalue weighted by Gasteiger charge is 2.28. The standard InChI is InChI=1S/C19H29N3O/c1-20-16-9-6-12-22(13-16)14-19(23)21(2)18-11-5-8-15-7-3-4-10-17(15)18/h3-4,7,10,16,18,20H,5-6,8-9,11-14H2,1-2H3. The molecule has 0 bridgehead atoms. The average Bonchev–Trinajstić information content (AvgIpc) is 2.60. The van der Waals surface area contributed by atoms with E-state index in [-0.39, 0.29) is 11.9 Å². The topological polar surface area (TPSA) is 35.6 Å². The van der Waals surface area contributed by atoms with Gasteiger partial charge < -0.3 is 10.2 Å². The smallest absolute Gasteiger partial charge is 0.237 e. The second-order valence-electron chi connectivity index (χ2n) is 6.97. The van der Waals surface area contributed by atoms with Crippen molar-refractivity contribution in [1.82, 2.24) is 15.1 Å². The number of nitrogens with zero attached hydrogens (tertiary/aromatic N) is 2. The molecule has 1 amide bonds. The van der Waals surface area contributed by atoms with Gasteiger partial charge in [0.15, 0.2) is 0 Å². The molecule has 0 radical (unpaired) electrons. The van der Waals surface area contributed by atoms with Crippen LogP contribution in [0.1, 0.15) is 42.9 Å². The lowest BCUT2D eigenvalue weighted by Gasteiger charge is -2.36. The summed E-state index contributed by atoms with van der Waals surface area (Å²) in [7, 11) is 4.00. The molecule has 1 aliphatic carbocycles. The number of rotatable bonds is 4. The van der Waals surface area contributed by atoms with Gasteiger partial charge in [-0.05, 0) is 56.8 Å². The Morgan fingerprint density at radius 3 is 2.96 bits per heavy atom. The first kappa shape index (κ1) is 16.5. The number of carbonyl (C=O) groups is 1. The number of piperidine rings is 1. The Hall–Kier alpha value is -1.39. The average molecular weight is 315 g/mol. The largest absolute Gasteiger partial charge is 0.338 e. The highest BCUT2D eigenvalue weighted by molar-refractivity contribution is 5.78. The van der Waals surface area contributed by atoms with Crippen molar-refractivity contribution in [2.24, 2.45) is 0 Å². The van der Waals surface area contributed by atoms with Gasteiger partial charge in [-0.3, -0.25) is 9.69 Å². The number of nitrogens with one attached hydrogen (secondary N) is 1. The summed E-state index contributed by atoms with van der Waals surface area (Å²) in [4.78, 5) is 17.1. The van der Waals surface area contributed by atoms with E-state index < -0.39 is 0 Å². The molecular formula is C19H29N3O. The van der Waals surface area contributed by atoms with E-state index in [2.05, 4.69) is 34.5 Å². The first-order valence-corrected chi connectivity index (χ1v) is 8.92. The van der Waals surface area contributed by atoms with Gasteiger partial charge in [-0.1, -0.05) is 24.3 Å².